The minimum atomic E-state index is -0.636. The summed E-state index contributed by atoms with van der Waals surface area (Å²) in [7, 11) is 0. The van der Waals surface area contributed by atoms with Crippen LogP contribution in [0.3, 0.4) is 0 Å². The molecule has 0 saturated heterocycles. The molecule has 0 aliphatic carbocycles. The van der Waals surface area contributed by atoms with E-state index in [4.69, 9.17) is 9.72 Å². The topological polar surface area (TPSA) is 47.3 Å². The van der Waals surface area contributed by atoms with Gasteiger partial charge < -0.3 is 14.4 Å². The van der Waals surface area contributed by atoms with Gasteiger partial charge in [-0.2, -0.15) is 0 Å². The number of para-hydroxylation sites is 3. The number of aryl methyl sites for hydroxylation is 2. The van der Waals surface area contributed by atoms with Gasteiger partial charge in [0.2, 0.25) is 0 Å². The summed E-state index contributed by atoms with van der Waals surface area (Å²) in [5, 5.41) is 10.7. The first-order chi connectivity index (χ1) is 14.1. The molecule has 3 aromatic carbocycles. The van der Waals surface area contributed by atoms with Crippen LogP contribution in [0.5, 0.6) is 5.75 Å². The molecule has 0 fully saturated rings. The Balaban J connectivity index is 1.57. The Morgan fingerprint density at radius 1 is 0.897 bits per heavy atom. The number of imidazole rings is 1. The summed E-state index contributed by atoms with van der Waals surface area (Å²) in [5.74, 6) is 1.76. The van der Waals surface area contributed by atoms with Crippen molar-refractivity contribution in [2.45, 2.75) is 32.9 Å². The maximum Gasteiger partial charge on any atom is 0.122 e. The van der Waals surface area contributed by atoms with Crippen molar-refractivity contribution in [2.24, 2.45) is 0 Å². The van der Waals surface area contributed by atoms with E-state index in [9.17, 15) is 5.11 Å². The van der Waals surface area contributed by atoms with Gasteiger partial charge in [-0.1, -0.05) is 54.6 Å². The van der Waals surface area contributed by atoms with Crippen molar-refractivity contribution in [1.82, 2.24) is 9.55 Å². The first-order valence-electron chi connectivity index (χ1n) is 9.97. The van der Waals surface area contributed by atoms with Crippen LogP contribution < -0.4 is 4.74 Å². The van der Waals surface area contributed by atoms with Crippen molar-refractivity contribution in [3.05, 3.63) is 95.3 Å². The number of ether oxygens (including phenoxy) is 1. The van der Waals surface area contributed by atoms with Crippen molar-refractivity contribution >= 4 is 11.0 Å². The van der Waals surface area contributed by atoms with Gasteiger partial charge >= 0.3 is 0 Å². The number of aliphatic hydroxyl groups excluding tert-OH is 1. The molecule has 148 valence electrons. The van der Waals surface area contributed by atoms with Crippen molar-refractivity contribution in [3.8, 4) is 5.75 Å². The number of nitrogens with zero attached hydrogens (tertiary/aromatic N) is 2. The molecule has 4 aromatic rings. The van der Waals surface area contributed by atoms with Gasteiger partial charge in [0.15, 0.2) is 0 Å². The Morgan fingerprint density at radius 2 is 1.59 bits per heavy atom. The van der Waals surface area contributed by atoms with Gasteiger partial charge in [-0.3, -0.25) is 0 Å². The summed E-state index contributed by atoms with van der Waals surface area (Å²) < 4.78 is 7.97. The Hall–Kier alpha value is -3.11. The second-order valence-corrected chi connectivity index (χ2v) is 7.46. The first kappa shape index (κ1) is 19.2. The summed E-state index contributed by atoms with van der Waals surface area (Å²) in [6.45, 7) is 4.80. The smallest absolute Gasteiger partial charge is 0.122 e. The van der Waals surface area contributed by atoms with Gasteiger partial charge in [-0.05, 0) is 48.7 Å². The second kappa shape index (κ2) is 8.50. The van der Waals surface area contributed by atoms with Crippen LogP contribution in [0.4, 0.5) is 0 Å². The van der Waals surface area contributed by atoms with Crippen LogP contribution in [-0.2, 0) is 13.0 Å². The molecule has 0 unspecified atom stereocenters. The number of aromatic nitrogens is 2. The van der Waals surface area contributed by atoms with Gasteiger partial charge in [0.05, 0.1) is 17.6 Å². The van der Waals surface area contributed by atoms with E-state index in [1.165, 1.54) is 11.1 Å². The lowest BCUT2D eigenvalue weighted by Crippen LogP contribution is -2.25. The molecule has 0 radical (unpaired) electrons. The zero-order valence-corrected chi connectivity index (χ0v) is 16.9. The fourth-order valence-corrected chi connectivity index (χ4v) is 3.61. The van der Waals surface area contributed by atoms with Gasteiger partial charge in [0.1, 0.15) is 24.3 Å². The normalized spacial score (nSPS) is 12.2. The Bertz CT molecular complexity index is 1120. The van der Waals surface area contributed by atoms with Crippen LogP contribution in [0.1, 0.15) is 22.5 Å². The molecule has 0 aliphatic rings. The Labute approximate surface area is 171 Å². The van der Waals surface area contributed by atoms with Crippen molar-refractivity contribution in [2.75, 3.05) is 6.61 Å². The molecule has 29 heavy (non-hydrogen) atoms. The van der Waals surface area contributed by atoms with Gasteiger partial charge in [0, 0.05) is 6.42 Å². The standard InChI is InChI=1S/C25H26N2O2/c1-18-9-3-5-11-20(18)15-25-26-22-12-6-7-13-23(22)27(25)16-21(28)17-29-24-14-8-4-10-19(24)2/h3-14,21,28H,15-17H2,1-2H3/t21-/m0/s1. The molecule has 0 aliphatic heterocycles. The van der Waals surface area contributed by atoms with E-state index in [-0.39, 0.29) is 6.61 Å². The lowest BCUT2D eigenvalue weighted by atomic mass is 10.1. The SMILES string of the molecule is Cc1ccccc1Cc1nc2ccccc2n1C[C@H](O)COc1ccccc1C. The van der Waals surface area contributed by atoms with E-state index in [0.29, 0.717) is 6.54 Å². The van der Waals surface area contributed by atoms with Gasteiger partial charge in [-0.15, -0.1) is 0 Å². The molecular weight excluding hydrogens is 360 g/mol. The lowest BCUT2D eigenvalue weighted by Gasteiger charge is -2.17. The van der Waals surface area contributed by atoms with E-state index in [0.717, 1.165) is 34.6 Å². The number of fused-ring (bicyclic) bond motifs is 1. The zero-order valence-electron chi connectivity index (χ0n) is 16.9. The third-order valence-electron chi connectivity index (χ3n) is 5.26. The zero-order chi connectivity index (χ0) is 20.2. The maximum absolute atomic E-state index is 10.7. The molecule has 4 rings (SSSR count). The molecule has 4 heteroatoms. The average molecular weight is 386 g/mol. The molecule has 0 amide bonds. The number of hydrogen-bond acceptors (Lipinski definition) is 3. The summed E-state index contributed by atoms with van der Waals surface area (Å²) in [6, 6.07) is 24.3. The minimum absolute atomic E-state index is 0.237. The molecular formula is C25H26N2O2. The van der Waals surface area contributed by atoms with Gasteiger partial charge in [0.25, 0.3) is 0 Å². The molecule has 1 aromatic heterocycles. The largest absolute Gasteiger partial charge is 0.491 e. The van der Waals surface area contributed by atoms with Crippen molar-refractivity contribution in [3.63, 3.8) is 0 Å². The number of hydrogen-bond donors (Lipinski definition) is 1. The first-order valence-corrected chi connectivity index (χ1v) is 9.97. The third-order valence-corrected chi connectivity index (χ3v) is 5.26. The molecule has 1 heterocycles. The van der Waals surface area contributed by atoms with Crippen LogP contribution in [0.2, 0.25) is 0 Å². The Morgan fingerprint density at radius 3 is 2.38 bits per heavy atom. The Kier molecular flexibility index (Phi) is 5.63. The van der Waals surface area contributed by atoms with E-state index in [2.05, 4.69) is 41.8 Å². The fourth-order valence-electron chi connectivity index (χ4n) is 3.61. The van der Waals surface area contributed by atoms with E-state index in [1.807, 2.05) is 49.4 Å². The van der Waals surface area contributed by atoms with Crippen LogP contribution in [0.15, 0.2) is 72.8 Å². The quantitative estimate of drug-likeness (QED) is 0.501. The van der Waals surface area contributed by atoms with E-state index >= 15 is 0 Å². The lowest BCUT2D eigenvalue weighted by molar-refractivity contribution is 0.0925. The average Bonchev–Trinajstić information content (AvgIpc) is 3.06. The van der Waals surface area contributed by atoms with E-state index < -0.39 is 6.10 Å². The summed E-state index contributed by atoms with van der Waals surface area (Å²) in [6.07, 6.45) is 0.0926. The van der Waals surface area contributed by atoms with Crippen molar-refractivity contribution in [1.29, 1.82) is 0 Å². The third kappa shape index (κ3) is 4.33. The summed E-state index contributed by atoms with van der Waals surface area (Å²) >= 11 is 0. The summed E-state index contributed by atoms with van der Waals surface area (Å²) in [4.78, 5) is 4.85. The van der Waals surface area contributed by atoms with Crippen molar-refractivity contribution < 1.29 is 9.84 Å². The number of benzene rings is 3. The minimum Gasteiger partial charge on any atom is -0.491 e. The summed E-state index contributed by atoms with van der Waals surface area (Å²) in [5.41, 5.74) is 5.53. The molecule has 0 spiro atoms. The highest BCUT2D eigenvalue weighted by molar-refractivity contribution is 5.76. The van der Waals surface area contributed by atoms with Crippen LogP contribution in [0, 0.1) is 13.8 Å². The molecule has 0 saturated carbocycles. The predicted molar refractivity (Wildman–Crippen MR) is 116 cm³/mol. The molecule has 1 N–H and O–H groups in total. The number of rotatable bonds is 7. The molecule has 4 nitrogen and oxygen atoms in total. The number of aliphatic hydroxyl groups is 1. The maximum atomic E-state index is 10.7. The monoisotopic (exact) mass is 386 g/mol. The van der Waals surface area contributed by atoms with Crippen LogP contribution in [0.25, 0.3) is 11.0 Å². The van der Waals surface area contributed by atoms with Crippen LogP contribution >= 0.6 is 0 Å². The predicted octanol–water partition coefficient (Wildman–Crippen LogP) is 4.68. The fraction of sp³-hybridized carbons (Fsp3) is 0.240. The van der Waals surface area contributed by atoms with Gasteiger partial charge in [-0.25, -0.2) is 4.98 Å². The second-order valence-electron chi connectivity index (χ2n) is 7.46. The highest BCUT2D eigenvalue weighted by Crippen LogP contribution is 2.21. The highest BCUT2D eigenvalue weighted by atomic mass is 16.5. The van der Waals surface area contributed by atoms with Crippen LogP contribution in [-0.4, -0.2) is 27.4 Å². The highest BCUT2D eigenvalue weighted by Gasteiger charge is 2.16. The van der Waals surface area contributed by atoms with E-state index in [1.54, 1.807) is 0 Å². The molecule has 0 bridgehead atoms. The molecule has 1 atom stereocenters.